The highest BCUT2D eigenvalue weighted by molar-refractivity contribution is 7.07. The van der Waals surface area contributed by atoms with Crippen molar-refractivity contribution < 1.29 is 9.53 Å². The average molecular weight is 158 g/mol. The highest BCUT2D eigenvalue weighted by atomic mass is 32.1. The van der Waals surface area contributed by atoms with Crippen LogP contribution < -0.4 is 4.74 Å². The fraction of sp³-hybridized carbons (Fsp3) is 0.400. The van der Waals surface area contributed by atoms with Crippen LogP contribution in [0.4, 0.5) is 0 Å². The molecule has 1 rings (SSSR count). The van der Waals surface area contributed by atoms with Gasteiger partial charge in [-0.15, -0.1) is 0 Å². The van der Waals surface area contributed by atoms with Crippen molar-refractivity contribution in [2.45, 2.75) is 6.92 Å². The van der Waals surface area contributed by atoms with Gasteiger partial charge in [0.1, 0.15) is 0 Å². The molecule has 0 unspecified atom stereocenters. The van der Waals surface area contributed by atoms with Gasteiger partial charge in [-0.1, -0.05) is 0 Å². The second-order valence-electron chi connectivity index (χ2n) is 1.64. The fourth-order valence-corrected chi connectivity index (χ4v) is 0.971. The third-order valence-corrected chi connectivity index (χ3v) is 1.58. The van der Waals surface area contributed by atoms with E-state index in [1.165, 1.54) is 14.0 Å². The van der Waals surface area contributed by atoms with Gasteiger partial charge in [-0.2, -0.15) is 9.36 Å². The SMILES string of the molecule is COc1nc(C(C)=O)ns1. The maximum absolute atomic E-state index is 10.6. The molecule has 54 valence electrons. The van der Waals surface area contributed by atoms with Crippen molar-refractivity contribution in [3.63, 3.8) is 0 Å². The first kappa shape index (κ1) is 7.14. The monoisotopic (exact) mass is 158 g/mol. The van der Waals surface area contributed by atoms with E-state index in [4.69, 9.17) is 4.74 Å². The van der Waals surface area contributed by atoms with E-state index >= 15 is 0 Å². The molecule has 0 saturated heterocycles. The number of nitrogens with zero attached hydrogens (tertiary/aromatic N) is 2. The molecular formula is C5H6N2O2S. The Kier molecular flexibility index (Phi) is 1.96. The Balaban J connectivity index is 2.88. The summed E-state index contributed by atoms with van der Waals surface area (Å²) >= 11 is 1.07. The molecule has 0 aliphatic heterocycles. The number of carbonyl (C=O) groups excluding carboxylic acids is 1. The number of ketones is 1. The standard InChI is InChI=1S/C5H6N2O2S/c1-3(8)4-6-5(9-2)10-7-4/h1-2H3. The topological polar surface area (TPSA) is 52.1 Å². The Hall–Kier alpha value is -0.970. The molecule has 1 heterocycles. The van der Waals surface area contributed by atoms with E-state index in [9.17, 15) is 4.79 Å². The van der Waals surface area contributed by atoms with Crippen LogP contribution in [0.1, 0.15) is 17.5 Å². The van der Waals surface area contributed by atoms with E-state index in [1.54, 1.807) is 0 Å². The van der Waals surface area contributed by atoms with Crippen LogP contribution in [0, 0.1) is 0 Å². The Labute approximate surface area is 62.0 Å². The summed E-state index contributed by atoms with van der Waals surface area (Å²) < 4.78 is 8.48. The van der Waals surface area contributed by atoms with E-state index in [0.717, 1.165) is 11.5 Å². The van der Waals surface area contributed by atoms with Gasteiger partial charge in [-0.3, -0.25) is 4.79 Å². The van der Waals surface area contributed by atoms with Gasteiger partial charge in [0.2, 0.25) is 5.82 Å². The maximum Gasteiger partial charge on any atom is 0.293 e. The van der Waals surface area contributed by atoms with Crippen LogP contribution in [0.25, 0.3) is 0 Å². The molecule has 0 N–H and O–H groups in total. The molecule has 0 spiro atoms. The molecule has 0 fully saturated rings. The first-order valence-corrected chi connectivity index (χ1v) is 3.40. The third kappa shape index (κ3) is 1.30. The smallest absolute Gasteiger partial charge is 0.293 e. The highest BCUT2D eigenvalue weighted by Crippen LogP contribution is 2.12. The van der Waals surface area contributed by atoms with Gasteiger partial charge < -0.3 is 4.74 Å². The molecule has 0 aromatic carbocycles. The molecule has 0 aliphatic rings. The molecule has 4 nitrogen and oxygen atoms in total. The third-order valence-electron chi connectivity index (χ3n) is 0.897. The predicted octanol–water partition coefficient (Wildman–Crippen LogP) is 0.749. The van der Waals surface area contributed by atoms with Crippen molar-refractivity contribution in [3.8, 4) is 5.19 Å². The van der Waals surface area contributed by atoms with E-state index in [1.807, 2.05) is 0 Å². The molecule has 0 radical (unpaired) electrons. The van der Waals surface area contributed by atoms with Gasteiger partial charge in [0.15, 0.2) is 5.78 Å². The predicted molar refractivity (Wildman–Crippen MR) is 36.5 cm³/mol. The minimum atomic E-state index is -0.139. The number of hydrogen-bond donors (Lipinski definition) is 0. The summed E-state index contributed by atoms with van der Waals surface area (Å²) in [6, 6.07) is 0. The Morgan fingerprint density at radius 2 is 2.40 bits per heavy atom. The highest BCUT2D eigenvalue weighted by Gasteiger charge is 2.06. The summed E-state index contributed by atoms with van der Waals surface area (Å²) in [5.41, 5.74) is 0. The number of Topliss-reactive ketones (excluding diaryl/α,β-unsaturated/α-hetero) is 1. The lowest BCUT2D eigenvalue weighted by Gasteiger charge is -1.84. The molecule has 5 heteroatoms. The normalized spacial score (nSPS) is 9.40. The van der Waals surface area contributed by atoms with Gasteiger partial charge in [0.25, 0.3) is 5.19 Å². The molecule has 0 saturated carbocycles. The minimum Gasteiger partial charge on any atom is -0.472 e. The molecule has 1 aromatic rings. The molecule has 10 heavy (non-hydrogen) atoms. The minimum absolute atomic E-state index is 0.139. The zero-order valence-electron chi connectivity index (χ0n) is 5.62. The van der Waals surface area contributed by atoms with Crippen LogP contribution in [0.5, 0.6) is 5.19 Å². The number of aromatic nitrogens is 2. The molecule has 0 atom stereocenters. The lowest BCUT2D eigenvalue weighted by molar-refractivity contribution is 0.100. The van der Waals surface area contributed by atoms with Crippen LogP contribution >= 0.6 is 11.5 Å². The van der Waals surface area contributed by atoms with Crippen molar-refractivity contribution in [3.05, 3.63) is 5.82 Å². The van der Waals surface area contributed by atoms with Gasteiger partial charge in [-0.05, 0) is 0 Å². The quantitative estimate of drug-likeness (QED) is 0.596. The van der Waals surface area contributed by atoms with Crippen LogP contribution in [-0.2, 0) is 0 Å². The van der Waals surface area contributed by atoms with Crippen molar-refractivity contribution in [2.75, 3.05) is 7.11 Å². The Morgan fingerprint density at radius 3 is 2.70 bits per heavy atom. The number of carbonyl (C=O) groups is 1. The molecule has 0 aliphatic carbocycles. The Morgan fingerprint density at radius 1 is 1.70 bits per heavy atom. The van der Waals surface area contributed by atoms with Crippen molar-refractivity contribution in [1.82, 2.24) is 9.36 Å². The van der Waals surface area contributed by atoms with Crippen LogP contribution in [0.2, 0.25) is 0 Å². The number of hydrogen-bond acceptors (Lipinski definition) is 5. The molecule has 0 bridgehead atoms. The maximum atomic E-state index is 10.6. The van der Waals surface area contributed by atoms with Gasteiger partial charge >= 0.3 is 0 Å². The van der Waals surface area contributed by atoms with E-state index in [2.05, 4.69) is 9.36 Å². The van der Waals surface area contributed by atoms with Gasteiger partial charge in [0.05, 0.1) is 7.11 Å². The summed E-state index contributed by atoms with van der Waals surface area (Å²) in [5, 5.41) is 0.421. The molecule has 1 aromatic heterocycles. The first-order valence-electron chi connectivity index (χ1n) is 2.62. The molecule has 0 amide bonds. The van der Waals surface area contributed by atoms with Crippen LogP contribution in [0.3, 0.4) is 0 Å². The summed E-state index contributed by atoms with van der Waals surface area (Å²) in [7, 11) is 1.49. The summed E-state index contributed by atoms with van der Waals surface area (Å²) in [6.07, 6.45) is 0. The molecular weight excluding hydrogens is 152 g/mol. The van der Waals surface area contributed by atoms with Crippen molar-refractivity contribution >= 4 is 17.3 Å². The second-order valence-corrected chi connectivity index (χ2v) is 2.36. The first-order chi connectivity index (χ1) is 4.74. The zero-order valence-corrected chi connectivity index (χ0v) is 6.44. The summed E-state index contributed by atoms with van der Waals surface area (Å²) in [5.74, 6) is 0.0846. The lowest BCUT2D eigenvalue weighted by Crippen LogP contribution is -1.94. The second kappa shape index (κ2) is 2.74. The lowest BCUT2D eigenvalue weighted by atomic mass is 10.4. The fourth-order valence-electron chi connectivity index (χ4n) is 0.435. The Bertz CT molecular complexity index is 246. The zero-order chi connectivity index (χ0) is 7.56. The number of rotatable bonds is 2. The van der Waals surface area contributed by atoms with Gasteiger partial charge in [0, 0.05) is 18.5 Å². The van der Waals surface area contributed by atoms with Crippen molar-refractivity contribution in [1.29, 1.82) is 0 Å². The van der Waals surface area contributed by atoms with E-state index in [-0.39, 0.29) is 11.6 Å². The summed E-state index contributed by atoms with van der Waals surface area (Å²) in [6.45, 7) is 1.42. The summed E-state index contributed by atoms with van der Waals surface area (Å²) in [4.78, 5) is 14.4. The number of ether oxygens (including phenoxy) is 1. The number of methoxy groups -OCH3 is 1. The van der Waals surface area contributed by atoms with E-state index < -0.39 is 0 Å². The average Bonchev–Trinajstić information content (AvgIpc) is 2.34. The largest absolute Gasteiger partial charge is 0.472 e. The van der Waals surface area contributed by atoms with Crippen LogP contribution in [0.15, 0.2) is 0 Å². The van der Waals surface area contributed by atoms with Crippen molar-refractivity contribution in [2.24, 2.45) is 0 Å². The van der Waals surface area contributed by atoms with E-state index in [0.29, 0.717) is 5.19 Å². The van der Waals surface area contributed by atoms with Crippen LogP contribution in [-0.4, -0.2) is 22.3 Å². The van der Waals surface area contributed by atoms with Gasteiger partial charge in [-0.25, -0.2) is 0 Å².